The average Bonchev–Trinajstić information content (AvgIpc) is 2.00. The Bertz CT molecular complexity index is 149. The molecule has 0 spiro atoms. The summed E-state index contributed by atoms with van der Waals surface area (Å²) < 4.78 is 5.31. The molecule has 3 heteroatoms. The summed E-state index contributed by atoms with van der Waals surface area (Å²) in [5.74, 6) is -0.0247. The SMILES string of the molecule is CCCCNC(=O)COC(C)(C)C. The molecule has 1 amide bonds. The monoisotopic (exact) mass is 187 g/mol. The molecule has 0 saturated heterocycles. The molecule has 0 aliphatic rings. The van der Waals surface area contributed by atoms with E-state index < -0.39 is 0 Å². The highest BCUT2D eigenvalue weighted by Crippen LogP contribution is 2.05. The van der Waals surface area contributed by atoms with Gasteiger partial charge in [-0.25, -0.2) is 0 Å². The molecule has 0 fully saturated rings. The van der Waals surface area contributed by atoms with E-state index in [-0.39, 0.29) is 18.1 Å². The van der Waals surface area contributed by atoms with Crippen molar-refractivity contribution in [1.82, 2.24) is 5.32 Å². The lowest BCUT2D eigenvalue weighted by Crippen LogP contribution is -2.32. The molecule has 0 rings (SSSR count). The van der Waals surface area contributed by atoms with Gasteiger partial charge >= 0.3 is 0 Å². The lowest BCUT2D eigenvalue weighted by molar-refractivity contribution is -0.130. The van der Waals surface area contributed by atoms with Crippen LogP contribution in [0.1, 0.15) is 40.5 Å². The van der Waals surface area contributed by atoms with Crippen LogP contribution < -0.4 is 5.32 Å². The lowest BCUT2D eigenvalue weighted by atomic mass is 10.2. The second-order valence-corrected chi connectivity index (χ2v) is 4.10. The number of unbranched alkanes of at least 4 members (excludes halogenated alkanes) is 1. The molecule has 0 aliphatic heterocycles. The zero-order valence-corrected chi connectivity index (χ0v) is 9.14. The second kappa shape index (κ2) is 5.97. The van der Waals surface area contributed by atoms with Crippen LogP contribution in [0.25, 0.3) is 0 Å². The van der Waals surface area contributed by atoms with Gasteiger partial charge in [0.25, 0.3) is 0 Å². The molecule has 0 aromatic carbocycles. The van der Waals surface area contributed by atoms with Crippen molar-refractivity contribution in [3.8, 4) is 0 Å². The van der Waals surface area contributed by atoms with Crippen LogP contribution in [0.3, 0.4) is 0 Å². The number of hydrogen-bond donors (Lipinski definition) is 1. The predicted octanol–water partition coefficient (Wildman–Crippen LogP) is 1.72. The van der Waals surface area contributed by atoms with Crippen LogP contribution in [0, 0.1) is 0 Å². The second-order valence-electron chi connectivity index (χ2n) is 4.10. The minimum Gasteiger partial charge on any atom is -0.366 e. The van der Waals surface area contributed by atoms with Gasteiger partial charge in [-0.05, 0) is 27.2 Å². The number of hydrogen-bond acceptors (Lipinski definition) is 2. The van der Waals surface area contributed by atoms with E-state index in [1.807, 2.05) is 20.8 Å². The Morgan fingerprint density at radius 2 is 2.00 bits per heavy atom. The molecule has 0 unspecified atom stereocenters. The molecule has 78 valence electrons. The van der Waals surface area contributed by atoms with Crippen molar-refractivity contribution in [2.45, 2.75) is 46.1 Å². The molecule has 0 saturated carbocycles. The van der Waals surface area contributed by atoms with Crippen LogP contribution in [0.15, 0.2) is 0 Å². The molecular weight excluding hydrogens is 166 g/mol. The Kier molecular flexibility index (Phi) is 5.71. The van der Waals surface area contributed by atoms with Gasteiger partial charge < -0.3 is 10.1 Å². The Hall–Kier alpha value is -0.570. The zero-order chi connectivity index (χ0) is 10.3. The van der Waals surface area contributed by atoms with Crippen molar-refractivity contribution in [1.29, 1.82) is 0 Å². The summed E-state index contributed by atoms with van der Waals surface area (Å²) >= 11 is 0. The minimum atomic E-state index is -0.234. The smallest absolute Gasteiger partial charge is 0.246 e. The summed E-state index contributed by atoms with van der Waals surface area (Å²) in [7, 11) is 0. The molecule has 3 nitrogen and oxygen atoms in total. The number of carbonyl (C=O) groups is 1. The Balaban J connectivity index is 3.41. The largest absolute Gasteiger partial charge is 0.366 e. The maximum absolute atomic E-state index is 11.1. The highest BCUT2D eigenvalue weighted by molar-refractivity contribution is 5.77. The third kappa shape index (κ3) is 9.34. The predicted molar refractivity (Wildman–Crippen MR) is 53.6 cm³/mol. The van der Waals surface area contributed by atoms with Crippen LogP contribution in [-0.2, 0) is 9.53 Å². The van der Waals surface area contributed by atoms with Gasteiger partial charge in [0.1, 0.15) is 6.61 Å². The molecule has 0 aliphatic carbocycles. The van der Waals surface area contributed by atoms with Gasteiger partial charge in [-0.1, -0.05) is 13.3 Å². The zero-order valence-electron chi connectivity index (χ0n) is 9.14. The quantitative estimate of drug-likeness (QED) is 0.665. The van der Waals surface area contributed by atoms with Crippen molar-refractivity contribution in [2.75, 3.05) is 13.2 Å². The van der Waals surface area contributed by atoms with E-state index in [1.165, 1.54) is 0 Å². The average molecular weight is 187 g/mol. The normalized spacial score (nSPS) is 11.4. The highest BCUT2D eigenvalue weighted by atomic mass is 16.5. The summed E-state index contributed by atoms with van der Waals surface area (Å²) in [6.45, 7) is 8.82. The molecular formula is C10H21NO2. The van der Waals surface area contributed by atoms with Gasteiger partial charge in [0, 0.05) is 6.54 Å². The molecule has 0 radical (unpaired) electrons. The number of ether oxygens (including phenoxy) is 1. The van der Waals surface area contributed by atoms with Gasteiger partial charge in [0.15, 0.2) is 0 Å². The number of carbonyl (C=O) groups excluding carboxylic acids is 1. The van der Waals surface area contributed by atoms with E-state index >= 15 is 0 Å². The van der Waals surface area contributed by atoms with Crippen molar-refractivity contribution in [3.05, 3.63) is 0 Å². The first-order valence-corrected chi connectivity index (χ1v) is 4.86. The Morgan fingerprint density at radius 3 is 2.46 bits per heavy atom. The molecule has 0 aromatic heterocycles. The third-order valence-corrected chi connectivity index (χ3v) is 1.49. The van der Waals surface area contributed by atoms with Crippen LogP contribution in [0.4, 0.5) is 0 Å². The maximum atomic E-state index is 11.1. The first-order chi connectivity index (χ1) is 5.95. The van der Waals surface area contributed by atoms with Gasteiger partial charge in [-0.2, -0.15) is 0 Å². The molecule has 1 N–H and O–H groups in total. The van der Waals surface area contributed by atoms with E-state index in [9.17, 15) is 4.79 Å². The van der Waals surface area contributed by atoms with Crippen molar-refractivity contribution in [2.24, 2.45) is 0 Å². The molecule has 0 bridgehead atoms. The highest BCUT2D eigenvalue weighted by Gasteiger charge is 2.12. The molecule has 0 heterocycles. The van der Waals surface area contributed by atoms with E-state index in [0.29, 0.717) is 0 Å². The summed E-state index contributed by atoms with van der Waals surface area (Å²) in [6.07, 6.45) is 2.13. The van der Waals surface area contributed by atoms with Crippen LogP contribution in [0.5, 0.6) is 0 Å². The van der Waals surface area contributed by atoms with Crippen LogP contribution >= 0.6 is 0 Å². The molecule has 0 atom stereocenters. The van der Waals surface area contributed by atoms with Crippen molar-refractivity contribution in [3.63, 3.8) is 0 Å². The number of nitrogens with one attached hydrogen (secondary N) is 1. The topological polar surface area (TPSA) is 38.3 Å². The van der Waals surface area contributed by atoms with Gasteiger partial charge in [-0.15, -0.1) is 0 Å². The first-order valence-electron chi connectivity index (χ1n) is 4.86. The summed E-state index contributed by atoms with van der Waals surface area (Å²) in [5.41, 5.74) is -0.234. The minimum absolute atomic E-state index is 0.0247. The first kappa shape index (κ1) is 12.4. The fraction of sp³-hybridized carbons (Fsp3) is 0.900. The fourth-order valence-corrected chi connectivity index (χ4v) is 0.738. The van der Waals surface area contributed by atoms with E-state index in [0.717, 1.165) is 19.4 Å². The number of amides is 1. The van der Waals surface area contributed by atoms with Crippen LogP contribution in [0.2, 0.25) is 0 Å². The van der Waals surface area contributed by atoms with Gasteiger partial charge in [0.05, 0.1) is 5.60 Å². The van der Waals surface area contributed by atoms with Crippen molar-refractivity contribution >= 4 is 5.91 Å². The van der Waals surface area contributed by atoms with E-state index in [2.05, 4.69) is 12.2 Å². The van der Waals surface area contributed by atoms with E-state index in [1.54, 1.807) is 0 Å². The van der Waals surface area contributed by atoms with Gasteiger partial charge in [-0.3, -0.25) is 4.79 Å². The Labute approximate surface area is 80.8 Å². The summed E-state index contributed by atoms with van der Waals surface area (Å²) in [6, 6.07) is 0. The fourth-order valence-electron chi connectivity index (χ4n) is 0.738. The van der Waals surface area contributed by atoms with Crippen LogP contribution in [-0.4, -0.2) is 24.7 Å². The van der Waals surface area contributed by atoms with E-state index in [4.69, 9.17) is 4.74 Å². The number of rotatable bonds is 5. The van der Waals surface area contributed by atoms with Crippen molar-refractivity contribution < 1.29 is 9.53 Å². The lowest BCUT2D eigenvalue weighted by Gasteiger charge is -2.18. The van der Waals surface area contributed by atoms with Gasteiger partial charge in [0.2, 0.25) is 5.91 Å². The maximum Gasteiger partial charge on any atom is 0.246 e. The molecule has 13 heavy (non-hydrogen) atoms. The standard InChI is InChI=1S/C10H21NO2/c1-5-6-7-11-9(12)8-13-10(2,3)4/h5-8H2,1-4H3,(H,11,12). The Morgan fingerprint density at radius 1 is 1.38 bits per heavy atom. The molecule has 0 aromatic rings. The summed E-state index contributed by atoms with van der Waals surface area (Å²) in [4.78, 5) is 11.1. The third-order valence-electron chi connectivity index (χ3n) is 1.49. The summed E-state index contributed by atoms with van der Waals surface area (Å²) in [5, 5.41) is 2.79.